The molecule has 194 valence electrons. The number of imidazole rings is 1. The lowest BCUT2D eigenvalue weighted by atomic mass is 10.0. The van der Waals surface area contributed by atoms with E-state index in [-0.39, 0.29) is 5.82 Å². The molecule has 2 aromatic heterocycles. The lowest BCUT2D eigenvalue weighted by Gasteiger charge is -2.25. The summed E-state index contributed by atoms with van der Waals surface area (Å²) in [6.07, 6.45) is 5.99. The van der Waals surface area contributed by atoms with Crippen molar-refractivity contribution < 1.29 is 8.96 Å². The van der Waals surface area contributed by atoms with Gasteiger partial charge < -0.3 is 4.98 Å². The summed E-state index contributed by atoms with van der Waals surface area (Å²) in [6, 6.07) is 17.7. The number of aromatic nitrogens is 3. The van der Waals surface area contributed by atoms with Crippen LogP contribution in [0.2, 0.25) is 10.0 Å². The molecule has 0 saturated heterocycles. The van der Waals surface area contributed by atoms with Crippen molar-refractivity contribution in [2.24, 2.45) is 0 Å². The van der Waals surface area contributed by atoms with E-state index in [0.717, 1.165) is 60.2 Å². The van der Waals surface area contributed by atoms with E-state index in [4.69, 9.17) is 23.2 Å². The van der Waals surface area contributed by atoms with Crippen LogP contribution in [0.5, 0.6) is 0 Å². The molecule has 1 aliphatic heterocycles. The van der Waals surface area contributed by atoms with E-state index in [1.54, 1.807) is 12.1 Å². The van der Waals surface area contributed by atoms with Crippen molar-refractivity contribution >= 4 is 34.1 Å². The Morgan fingerprint density at radius 1 is 0.947 bits per heavy atom. The average molecular weight is 549 g/mol. The summed E-state index contributed by atoms with van der Waals surface area (Å²) >= 11 is 13.0. The number of para-hydroxylation sites is 1. The van der Waals surface area contributed by atoms with E-state index in [9.17, 15) is 4.39 Å². The molecule has 4 nitrogen and oxygen atoms in total. The molecule has 7 heteroatoms. The summed E-state index contributed by atoms with van der Waals surface area (Å²) in [5.74, 6) is -0.261. The smallest absolute Gasteiger partial charge is 0.249 e. The molecule has 3 aromatic carbocycles. The zero-order valence-corrected chi connectivity index (χ0v) is 23.1. The Labute approximate surface area is 232 Å². The van der Waals surface area contributed by atoms with Gasteiger partial charge in [-0.15, -0.1) is 0 Å². The van der Waals surface area contributed by atoms with Crippen molar-refractivity contribution in [2.75, 3.05) is 6.54 Å². The van der Waals surface area contributed by atoms with E-state index >= 15 is 0 Å². The van der Waals surface area contributed by atoms with Crippen LogP contribution in [0, 0.1) is 5.82 Å². The first kappa shape index (κ1) is 25.2. The standard InChI is InChI=1S/C31H30Cl2FN4/c1-3-20-6-5-7-21(4-2)30(20)38-19-37-13-12-36(17-23-14-24(34)9-10-26(23)32)18-29(37)31(38)22-8-11-28-25(15-22)27(33)16-35-28/h5-11,14-16,19,35H,3-4,12-13,17-18H2,1-2H3/q+1. The molecule has 38 heavy (non-hydrogen) atoms. The number of fused-ring (bicyclic) bond motifs is 2. The third kappa shape index (κ3) is 4.43. The number of nitrogens with zero attached hydrogens (tertiary/aromatic N) is 3. The van der Waals surface area contributed by atoms with Crippen molar-refractivity contribution in [2.45, 2.75) is 46.3 Å². The summed E-state index contributed by atoms with van der Waals surface area (Å²) < 4.78 is 18.7. The minimum atomic E-state index is -0.261. The van der Waals surface area contributed by atoms with Gasteiger partial charge in [0.15, 0.2) is 11.4 Å². The molecule has 1 aliphatic rings. The van der Waals surface area contributed by atoms with Crippen LogP contribution in [0.25, 0.3) is 27.8 Å². The quantitative estimate of drug-likeness (QED) is 0.219. The van der Waals surface area contributed by atoms with E-state index in [1.165, 1.54) is 28.6 Å². The SMILES string of the molecule is CCc1cccc(CC)c1-n1c[n+]2c(c1-c1ccc3[nH]cc(Cl)c3c1)CN(Cc1cc(F)ccc1Cl)CC2. The highest BCUT2D eigenvalue weighted by atomic mass is 35.5. The summed E-state index contributed by atoms with van der Waals surface area (Å²) in [7, 11) is 0. The van der Waals surface area contributed by atoms with Crippen molar-refractivity contribution in [1.82, 2.24) is 14.5 Å². The molecule has 0 radical (unpaired) electrons. The van der Waals surface area contributed by atoms with Crippen molar-refractivity contribution in [3.05, 3.63) is 105 Å². The minimum Gasteiger partial charge on any atom is -0.360 e. The van der Waals surface area contributed by atoms with Gasteiger partial charge in [0.1, 0.15) is 18.0 Å². The lowest BCUT2D eigenvalue weighted by Crippen LogP contribution is -2.48. The summed E-state index contributed by atoms with van der Waals surface area (Å²) in [5.41, 5.74) is 9.24. The molecule has 0 atom stereocenters. The van der Waals surface area contributed by atoms with Crippen LogP contribution in [-0.4, -0.2) is 21.0 Å². The molecule has 0 fully saturated rings. The Kier molecular flexibility index (Phi) is 6.77. The summed E-state index contributed by atoms with van der Waals surface area (Å²) in [4.78, 5) is 5.60. The van der Waals surface area contributed by atoms with Gasteiger partial charge in [-0.25, -0.2) is 8.96 Å². The van der Waals surface area contributed by atoms with Crippen molar-refractivity contribution in [3.63, 3.8) is 0 Å². The number of aryl methyl sites for hydroxylation is 2. The topological polar surface area (TPSA) is 27.8 Å². The highest BCUT2D eigenvalue weighted by Gasteiger charge is 2.32. The van der Waals surface area contributed by atoms with Crippen LogP contribution in [0.3, 0.4) is 0 Å². The number of rotatable bonds is 6. The van der Waals surface area contributed by atoms with Crippen molar-refractivity contribution in [1.29, 1.82) is 0 Å². The fourth-order valence-electron chi connectivity index (χ4n) is 5.71. The summed E-state index contributed by atoms with van der Waals surface area (Å²) in [6.45, 7) is 7.44. The number of aromatic amines is 1. The fraction of sp³-hybridized carbons (Fsp3) is 0.258. The number of nitrogens with one attached hydrogen (secondary N) is 1. The summed E-state index contributed by atoms with van der Waals surface area (Å²) in [5, 5.41) is 2.32. The second-order valence-corrected chi connectivity index (χ2v) is 10.8. The molecule has 0 saturated carbocycles. The molecule has 1 N–H and O–H groups in total. The molecule has 5 aromatic rings. The maximum absolute atomic E-state index is 14.0. The lowest BCUT2D eigenvalue weighted by molar-refractivity contribution is -0.710. The minimum absolute atomic E-state index is 0.261. The second kappa shape index (κ2) is 10.2. The van der Waals surface area contributed by atoms with Crippen LogP contribution < -0.4 is 4.57 Å². The van der Waals surface area contributed by atoms with Crippen LogP contribution >= 0.6 is 23.2 Å². The van der Waals surface area contributed by atoms with Gasteiger partial charge in [-0.3, -0.25) is 4.90 Å². The highest BCUT2D eigenvalue weighted by molar-refractivity contribution is 6.35. The molecule has 3 heterocycles. The monoisotopic (exact) mass is 547 g/mol. The third-order valence-corrected chi connectivity index (χ3v) is 8.34. The van der Waals surface area contributed by atoms with Crippen LogP contribution in [0.4, 0.5) is 4.39 Å². The Bertz CT molecular complexity index is 1630. The van der Waals surface area contributed by atoms with Gasteiger partial charge in [0.05, 0.1) is 11.6 Å². The predicted octanol–water partition coefficient (Wildman–Crippen LogP) is 7.50. The first-order chi connectivity index (χ1) is 18.5. The molecule has 0 amide bonds. The van der Waals surface area contributed by atoms with Gasteiger partial charge >= 0.3 is 0 Å². The zero-order valence-electron chi connectivity index (χ0n) is 21.6. The van der Waals surface area contributed by atoms with Gasteiger partial charge in [-0.1, -0.05) is 55.2 Å². The Morgan fingerprint density at radius 2 is 1.74 bits per heavy atom. The van der Waals surface area contributed by atoms with Gasteiger partial charge in [0.2, 0.25) is 6.33 Å². The molecular weight excluding hydrogens is 518 g/mol. The van der Waals surface area contributed by atoms with Gasteiger partial charge in [0.25, 0.3) is 0 Å². The largest absolute Gasteiger partial charge is 0.360 e. The predicted molar refractivity (Wildman–Crippen MR) is 153 cm³/mol. The second-order valence-electron chi connectivity index (χ2n) is 9.95. The number of halogens is 3. The highest BCUT2D eigenvalue weighted by Crippen LogP contribution is 2.35. The third-order valence-electron chi connectivity index (χ3n) is 7.66. The Morgan fingerprint density at radius 3 is 2.50 bits per heavy atom. The molecule has 0 spiro atoms. The average Bonchev–Trinajstić information content (AvgIpc) is 3.49. The Hall–Kier alpha value is -3.12. The van der Waals surface area contributed by atoms with E-state index in [1.807, 2.05) is 6.20 Å². The maximum atomic E-state index is 14.0. The number of hydrogen-bond donors (Lipinski definition) is 1. The van der Waals surface area contributed by atoms with Crippen LogP contribution in [0.15, 0.2) is 67.1 Å². The maximum Gasteiger partial charge on any atom is 0.249 e. The molecule has 0 unspecified atom stereocenters. The normalized spacial score (nSPS) is 13.8. The molecular formula is C31H30Cl2FN4+. The van der Waals surface area contributed by atoms with E-state index in [2.05, 4.69) is 75.6 Å². The fourth-order valence-corrected chi connectivity index (χ4v) is 6.10. The van der Waals surface area contributed by atoms with Crippen LogP contribution in [0.1, 0.15) is 36.2 Å². The molecule has 0 bridgehead atoms. The molecule has 0 aliphatic carbocycles. The van der Waals surface area contributed by atoms with Gasteiger partial charge in [-0.2, -0.15) is 4.57 Å². The first-order valence-electron chi connectivity index (χ1n) is 13.1. The number of hydrogen-bond acceptors (Lipinski definition) is 1. The first-order valence-corrected chi connectivity index (χ1v) is 13.9. The van der Waals surface area contributed by atoms with Gasteiger partial charge in [-0.05, 0) is 65.9 Å². The molecule has 6 rings (SSSR count). The van der Waals surface area contributed by atoms with Crippen LogP contribution in [-0.2, 0) is 32.5 Å². The number of H-pyrrole nitrogens is 1. The number of benzene rings is 3. The van der Waals surface area contributed by atoms with Gasteiger partial charge in [0, 0.05) is 40.8 Å². The Balaban J connectivity index is 1.52. The van der Waals surface area contributed by atoms with E-state index < -0.39 is 0 Å². The zero-order chi connectivity index (χ0) is 26.4. The van der Waals surface area contributed by atoms with Crippen molar-refractivity contribution in [3.8, 4) is 16.9 Å². The van der Waals surface area contributed by atoms with E-state index in [0.29, 0.717) is 16.6 Å².